The second-order valence-corrected chi connectivity index (χ2v) is 4.19. The summed E-state index contributed by atoms with van der Waals surface area (Å²) in [5.41, 5.74) is 1.07. The van der Waals surface area contributed by atoms with Crippen LogP contribution in [0.2, 0.25) is 0 Å². The predicted molar refractivity (Wildman–Crippen MR) is 62.7 cm³/mol. The molecule has 0 spiro atoms. The van der Waals surface area contributed by atoms with E-state index in [-0.39, 0.29) is 0 Å². The second-order valence-electron chi connectivity index (χ2n) is 4.19. The summed E-state index contributed by atoms with van der Waals surface area (Å²) >= 11 is 0. The highest BCUT2D eigenvalue weighted by atomic mass is 16.5. The summed E-state index contributed by atoms with van der Waals surface area (Å²) < 4.78 is 6.88. The molecule has 3 rings (SSSR count). The minimum atomic E-state index is 0.400. The number of hydrogen-bond donors (Lipinski definition) is 0. The molecule has 7 nitrogen and oxygen atoms in total. The maximum Gasteiger partial charge on any atom is 0.316 e. The Balaban J connectivity index is 1.67. The van der Waals surface area contributed by atoms with E-state index in [1.807, 2.05) is 4.68 Å². The number of hydrogen-bond acceptors (Lipinski definition) is 6. The van der Waals surface area contributed by atoms with E-state index in [9.17, 15) is 0 Å². The average Bonchev–Trinajstić information content (AvgIpc) is 2.87. The van der Waals surface area contributed by atoms with Crippen LogP contribution in [0.15, 0.2) is 18.7 Å². The molecule has 3 heterocycles. The first-order chi connectivity index (χ1) is 8.85. The van der Waals surface area contributed by atoms with Crippen molar-refractivity contribution in [1.82, 2.24) is 29.6 Å². The molecule has 0 bridgehead atoms. The number of ether oxygens (including phenoxy) is 1. The Morgan fingerprint density at radius 1 is 1.22 bits per heavy atom. The standard InChI is InChI=1S/C11H14N6O/c1-18-11-12-4-9(5-13-11)6-16-2-3-17-10(7-16)14-8-15-17/h4-5,8H,2-3,6-7H2,1H3. The minimum Gasteiger partial charge on any atom is -0.467 e. The van der Waals surface area contributed by atoms with Crippen LogP contribution in [0.1, 0.15) is 11.4 Å². The molecule has 0 unspecified atom stereocenters. The molecule has 1 aliphatic rings. The van der Waals surface area contributed by atoms with E-state index >= 15 is 0 Å². The van der Waals surface area contributed by atoms with Crippen molar-refractivity contribution >= 4 is 0 Å². The van der Waals surface area contributed by atoms with Crippen molar-refractivity contribution in [3.05, 3.63) is 30.1 Å². The molecule has 0 N–H and O–H groups in total. The van der Waals surface area contributed by atoms with Crippen molar-refractivity contribution in [2.45, 2.75) is 19.6 Å². The number of aromatic nitrogens is 5. The lowest BCUT2D eigenvalue weighted by Crippen LogP contribution is -2.33. The normalized spacial score (nSPS) is 15.4. The zero-order valence-corrected chi connectivity index (χ0v) is 10.2. The molecule has 94 valence electrons. The van der Waals surface area contributed by atoms with Gasteiger partial charge in [-0.2, -0.15) is 5.10 Å². The molecular weight excluding hydrogens is 232 g/mol. The molecule has 2 aromatic rings. The van der Waals surface area contributed by atoms with E-state index < -0.39 is 0 Å². The van der Waals surface area contributed by atoms with Crippen molar-refractivity contribution in [3.8, 4) is 6.01 Å². The van der Waals surface area contributed by atoms with E-state index in [4.69, 9.17) is 4.74 Å². The number of fused-ring (bicyclic) bond motifs is 1. The van der Waals surface area contributed by atoms with E-state index in [1.54, 1.807) is 25.8 Å². The van der Waals surface area contributed by atoms with Gasteiger partial charge in [-0.3, -0.25) is 4.90 Å². The average molecular weight is 246 g/mol. The smallest absolute Gasteiger partial charge is 0.316 e. The molecule has 0 aromatic carbocycles. The van der Waals surface area contributed by atoms with Gasteiger partial charge in [0.05, 0.1) is 20.2 Å². The molecule has 0 fully saturated rings. The second kappa shape index (κ2) is 4.69. The topological polar surface area (TPSA) is 69.0 Å². The van der Waals surface area contributed by atoms with Crippen LogP contribution < -0.4 is 4.74 Å². The summed E-state index contributed by atoms with van der Waals surface area (Å²) in [6.45, 7) is 3.47. The lowest BCUT2D eigenvalue weighted by atomic mass is 10.3. The first-order valence-electron chi connectivity index (χ1n) is 5.79. The van der Waals surface area contributed by atoms with E-state index in [2.05, 4.69) is 25.0 Å². The Labute approximate surface area is 104 Å². The highest BCUT2D eigenvalue weighted by molar-refractivity contribution is 5.07. The van der Waals surface area contributed by atoms with Crippen LogP contribution in [-0.2, 0) is 19.6 Å². The Morgan fingerprint density at radius 3 is 2.83 bits per heavy atom. The SMILES string of the molecule is COc1ncc(CN2CCn3ncnc3C2)cn1. The maximum absolute atomic E-state index is 4.94. The zero-order valence-electron chi connectivity index (χ0n) is 10.2. The molecule has 18 heavy (non-hydrogen) atoms. The quantitative estimate of drug-likeness (QED) is 0.764. The van der Waals surface area contributed by atoms with Gasteiger partial charge in [0, 0.05) is 31.0 Å². The van der Waals surface area contributed by atoms with Crippen LogP contribution in [0.3, 0.4) is 0 Å². The molecule has 0 atom stereocenters. The highest BCUT2D eigenvalue weighted by Gasteiger charge is 2.17. The molecule has 2 aromatic heterocycles. The molecule has 7 heteroatoms. The van der Waals surface area contributed by atoms with Crippen LogP contribution in [0.4, 0.5) is 0 Å². The fraction of sp³-hybridized carbons (Fsp3) is 0.455. The summed E-state index contributed by atoms with van der Waals surface area (Å²) in [5, 5.41) is 4.16. The van der Waals surface area contributed by atoms with Crippen LogP contribution in [0.5, 0.6) is 6.01 Å². The van der Waals surface area contributed by atoms with Gasteiger partial charge in [0.2, 0.25) is 0 Å². The Hall–Kier alpha value is -2.02. The first kappa shape index (κ1) is 11.1. The Morgan fingerprint density at radius 2 is 2.06 bits per heavy atom. The van der Waals surface area contributed by atoms with Gasteiger partial charge in [-0.25, -0.2) is 19.6 Å². The van der Waals surface area contributed by atoms with Gasteiger partial charge in [-0.1, -0.05) is 0 Å². The molecule has 0 aliphatic carbocycles. The third-order valence-electron chi connectivity index (χ3n) is 2.96. The van der Waals surface area contributed by atoms with Crippen LogP contribution in [-0.4, -0.2) is 43.3 Å². The predicted octanol–water partition coefficient (Wildman–Crippen LogP) is 0.0925. The van der Waals surface area contributed by atoms with Crippen molar-refractivity contribution in [2.24, 2.45) is 0 Å². The van der Waals surface area contributed by atoms with Gasteiger partial charge in [-0.15, -0.1) is 0 Å². The van der Waals surface area contributed by atoms with Gasteiger partial charge >= 0.3 is 6.01 Å². The van der Waals surface area contributed by atoms with E-state index in [0.29, 0.717) is 6.01 Å². The third kappa shape index (κ3) is 2.17. The lowest BCUT2D eigenvalue weighted by Gasteiger charge is -2.26. The fourth-order valence-electron chi connectivity index (χ4n) is 2.04. The molecule has 0 saturated heterocycles. The highest BCUT2D eigenvalue weighted by Crippen LogP contribution is 2.12. The van der Waals surface area contributed by atoms with Crippen molar-refractivity contribution in [3.63, 3.8) is 0 Å². The van der Waals surface area contributed by atoms with Crippen molar-refractivity contribution in [2.75, 3.05) is 13.7 Å². The first-order valence-corrected chi connectivity index (χ1v) is 5.79. The monoisotopic (exact) mass is 246 g/mol. The number of methoxy groups -OCH3 is 1. The Kier molecular flexibility index (Phi) is 2.89. The van der Waals surface area contributed by atoms with Crippen LogP contribution in [0.25, 0.3) is 0 Å². The summed E-state index contributed by atoms with van der Waals surface area (Å²) in [6.07, 6.45) is 5.20. The molecule has 0 radical (unpaired) electrons. The third-order valence-corrected chi connectivity index (χ3v) is 2.96. The fourth-order valence-corrected chi connectivity index (χ4v) is 2.04. The molecule has 0 saturated carbocycles. The van der Waals surface area contributed by atoms with Gasteiger partial charge in [0.1, 0.15) is 12.2 Å². The van der Waals surface area contributed by atoms with Crippen molar-refractivity contribution < 1.29 is 4.74 Å². The van der Waals surface area contributed by atoms with Crippen molar-refractivity contribution in [1.29, 1.82) is 0 Å². The summed E-state index contributed by atoms with van der Waals surface area (Å²) in [5.74, 6) is 1.01. The number of nitrogens with zero attached hydrogens (tertiary/aromatic N) is 6. The van der Waals surface area contributed by atoms with Crippen LogP contribution >= 0.6 is 0 Å². The van der Waals surface area contributed by atoms with Gasteiger partial charge < -0.3 is 4.74 Å². The number of rotatable bonds is 3. The minimum absolute atomic E-state index is 0.400. The molecule has 0 amide bonds. The summed E-state index contributed by atoms with van der Waals surface area (Å²) in [7, 11) is 1.56. The van der Waals surface area contributed by atoms with Gasteiger partial charge in [-0.05, 0) is 0 Å². The van der Waals surface area contributed by atoms with Crippen LogP contribution in [0, 0.1) is 0 Å². The van der Waals surface area contributed by atoms with E-state index in [1.165, 1.54) is 0 Å². The lowest BCUT2D eigenvalue weighted by molar-refractivity contribution is 0.201. The zero-order chi connectivity index (χ0) is 12.4. The summed E-state index contributed by atoms with van der Waals surface area (Å²) in [6, 6.07) is 0.400. The maximum atomic E-state index is 4.94. The molecule has 1 aliphatic heterocycles. The Bertz CT molecular complexity index is 523. The largest absolute Gasteiger partial charge is 0.467 e. The van der Waals surface area contributed by atoms with Gasteiger partial charge in [0.15, 0.2) is 0 Å². The van der Waals surface area contributed by atoms with E-state index in [0.717, 1.165) is 37.6 Å². The summed E-state index contributed by atoms with van der Waals surface area (Å²) in [4.78, 5) is 14.7. The molecular formula is C11H14N6O. The van der Waals surface area contributed by atoms with Gasteiger partial charge in [0.25, 0.3) is 0 Å².